The molecule has 8 heteroatoms. The number of phenols is 1. The molecule has 0 aliphatic carbocycles. The maximum Gasteiger partial charge on any atom is 0.318 e. The van der Waals surface area contributed by atoms with Crippen LogP contribution < -0.4 is 19.6 Å². The SMILES string of the molecule is CC(C)(CCl)C(=O)Oc1cc(-c2oc3cccc(O)c3c(=O)c2OCc2ccccc2)ccc1OCc1ccccc1. The molecule has 42 heavy (non-hydrogen) atoms. The van der Waals surface area contributed by atoms with E-state index in [2.05, 4.69) is 0 Å². The summed E-state index contributed by atoms with van der Waals surface area (Å²) in [5, 5.41) is 10.5. The molecule has 5 aromatic rings. The highest BCUT2D eigenvalue weighted by Crippen LogP contribution is 2.39. The first-order valence-corrected chi connectivity index (χ1v) is 13.8. The van der Waals surface area contributed by atoms with E-state index in [1.54, 1.807) is 44.2 Å². The summed E-state index contributed by atoms with van der Waals surface area (Å²) < 4.78 is 24.0. The number of halogens is 1. The van der Waals surface area contributed by atoms with Crippen molar-refractivity contribution in [3.8, 4) is 34.3 Å². The van der Waals surface area contributed by atoms with Crippen LogP contribution in [0.5, 0.6) is 23.0 Å². The van der Waals surface area contributed by atoms with Crippen molar-refractivity contribution in [1.29, 1.82) is 0 Å². The highest BCUT2D eigenvalue weighted by molar-refractivity contribution is 6.19. The van der Waals surface area contributed by atoms with Gasteiger partial charge < -0.3 is 23.7 Å². The second-order valence-electron chi connectivity index (χ2n) is 10.4. The summed E-state index contributed by atoms with van der Waals surface area (Å²) in [5.41, 5.74) is 0.837. The Morgan fingerprint density at radius 2 is 1.48 bits per heavy atom. The number of phenolic OH excluding ortho intramolecular Hbond substituents is 1. The van der Waals surface area contributed by atoms with Gasteiger partial charge in [-0.3, -0.25) is 9.59 Å². The Morgan fingerprint density at radius 1 is 0.833 bits per heavy atom. The average Bonchev–Trinajstić information content (AvgIpc) is 3.00. The highest BCUT2D eigenvalue weighted by Gasteiger charge is 2.30. The Kier molecular flexibility index (Phi) is 8.50. The van der Waals surface area contributed by atoms with Gasteiger partial charge in [-0.05, 0) is 55.3 Å². The fourth-order valence-corrected chi connectivity index (χ4v) is 4.24. The molecule has 0 amide bonds. The number of alkyl halides is 1. The maximum atomic E-state index is 13.7. The molecule has 0 atom stereocenters. The van der Waals surface area contributed by atoms with E-state index >= 15 is 0 Å². The van der Waals surface area contributed by atoms with Crippen LogP contribution in [0, 0.1) is 5.41 Å². The number of fused-ring (bicyclic) bond motifs is 1. The minimum Gasteiger partial charge on any atom is -0.507 e. The van der Waals surface area contributed by atoms with Crippen molar-refractivity contribution in [1.82, 2.24) is 0 Å². The minimum atomic E-state index is -0.967. The zero-order valence-corrected chi connectivity index (χ0v) is 23.9. The Hall–Kier alpha value is -4.75. The summed E-state index contributed by atoms with van der Waals surface area (Å²) >= 11 is 6.04. The molecule has 0 radical (unpaired) electrons. The molecule has 214 valence electrons. The molecule has 0 fully saturated rings. The summed E-state index contributed by atoms with van der Waals surface area (Å²) in [7, 11) is 0. The molecular weight excluding hydrogens is 556 g/mol. The van der Waals surface area contributed by atoms with Gasteiger partial charge in [-0.2, -0.15) is 0 Å². The quantitative estimate of drug-likeness (QED) is 0.103. The van der Waals surface area contributed by atoms with E-state index < -0.39 is 16.8 Å². The first-order valence-electron chi connectivity index (χ1n) is 13.3. The van der Waals surface area contributed by atoms with Crippen LogP contribution in [-0.4, -0.2) is 17.0 Å². The molecule has 0 aliphatic heterocycles. The average molecular weight is 585 g/mol. The van der Waals surface area contributed by atoms with Crippen LogP contribution in [0.15, 0.2) is 106 Å². The molecule has 5 rings (SSSR count). The van der Waals surface area contributed by atoms with E-state index in [1.165, 1.54) is 6.07 Å². The Balaban J connectivity index is 1.60. The lowest BCUT2D eigenvalue weighted by atomic mass is 9.97. The number of rotatable bonds is 10. The summed E-state index contributed by atoms with van der Waals surface area (Å²) in [5.74, 6) is -0.272. The van der Waals surface area contributed by atoms with Crippen molar-refractivity contribution >= 4 is 28.5 Å². The topological polar surface area (TPSA) is 95.2 Å². The zero-order chi connectivity index (χ0) is 29.7. The largest absolute Gasteiger partial charge is 0.507 e. The van der Waals surface area contributed by atoms with Crippen LogP contribution in [0.3, 0.4) is 0 Å². The van der Waals surface area contributed by atoms with E-state index in [4.69, 9.17) is 30.2 Å². The van der Waals surface area contributed by atoms with Gasteiger partial charge in [0.05, 0.1) is 5.41 Å². The lowest BCUT2D eigenvalue weighted by Crippen LogP contribution is -2.30. The molecule has 1 N–H and O–H groups in total. The number of hydrogen-bond acceptors (Lipinski definition) is 7. The van der Waals surface area contributed by atoms with Crippen molar-refractivity contribution in [2.75, 3.05) is 5.88 Å². The molecule has 0 saturated heterocycles. The molecule has 4 aromatic carbocycles. The number of carbonyl (C=O) groups is 1. The Labute approximate surface area is 247 Å². The van der Waals surface area contributed by atoms with E-state index in [0.717, 1.165) is 11.1 Å². The van der Waals surface area contributed by atoms with Crippen molar-refractivity contribution < 1.29 is 28.5 Å². The molecule has 1 aromatic heterocycles. The van der Waals surface area contributed by atoms with Crippen LogP contribution in [0.4, 0.5) is 0 Å². The summed E-state index contributed by atoms with van der Waals surface area (Å²) in [6.45, 7) is 3.68. The number of esters is 1. The van der Waals surface area contributed by atoms with Crippen molar-refractivity contribution in [3.63, 3.8) is 0 Å². The van der Waals surface area contributed by atoms with Crippen LogP contribution >= 0.6 is 11.6 Å². The standard InChI is InChI=1S/C34H29ClO7/c1-34(2,21-35)33(38)42-28-18-24(16-17-26(28)39-19-22-10-5-3-6-11-22)31-32(40-20-23-12-7-4-8-13-23)30(37)29-25(36)14-9-15-27(29)41-31/h3-18,36H,19-21H2,1-2H3. The van der Waals surface area contributed by atoms with Crippen molar-refractivity contribution in [2.24, 2.45) is 5.41 Å². The predicted octanol–water partition coefficient (Wildman–Crippen LogP) is 7.49. The lowest BCUT2D eigenvalue weighted by Gasteiger charge is -2.21. The van der Waals surface area contributed by atoms with Gasteiger partial charge in [0, 0.05) is 11.4 Å². The van der Waals surface area contributed by atoms with Gasteiger partial charge in [0.25, 0.3) is 0 Å². The number of hydrogen-bond donors (Lipinski definition) is 1. The van der Waals surface area contributed by atoms with E-state index in [1.807, 2.05) is 60.7 Å². The van der Waals surface area contributed by atoms with Gasteiger partial charge >= 0.3 is 5.97 Å². The first-order chi connectivity index (χ1) is 20.3. The molecule has 0 bridgehead atoms. The van der Waals surface area contributed by atoms with Crippen LogP contribution in [-0.2, 0) is 18.0 Å². The molecular formula is C34H29ClO7. The van der Waals surface area contributed by atoms with Gasteiger partial charge in [0.1, 0.15) is 29.9 Å². The van der Waals surface area contributed by atoms with E-state index in [-0.39, 0.29) is 53.1 Å². The highest BCUT2D eigenvalue weighted by atomic mass is 35.5. The fraction of sp³-hybridized carbons (Fsp3) is 0.176. The minimum absolute atomic E-state index is 0.00244. The third-order valence-electron chi connectivity index (χ3n) is 6.61. The normalized spacial score (nSPS) is 11.3. The van der Waals surface area contributed by atoms with Crippen molar-refractivity contribution in [2.45, 2.75) is 27.1 Å². The Bertz CT molecular complexity index is 1760. The van der Waals surface area contributed by atoms with Gasteiger partial charge in [-0.25, -0.2) is 0 Å². The third-order valence-corrected chi connectivity index (χ3v) is 7.28. The number of aromatic hydroxyl groups is 1. The molecule has 0 saturated carbocycles. The summed E-state index contributed by atoms with van der Waals surface area (Å²) in [4.78, 5) is 26.7. The molecule has 1 heterocycles. The number of carbonyl (C=O) groups excluding carboxylic acids is 1. The maximum absolute atomic E-state index is 13.7. The Morgan fingerprint density at radius 3 is 2.12 bits per heavy atom. The molecule has 0 spiro atoms. The van der Waals surface area contributed by atoms with Gasteiger partial charge in [-0.15, -0.1) is 11.6 Å². The predicted molar refractivity (Wildman–Crippen MR) is 161 cm³/mol. The molecule has 7 nitrogen and oxygen atoms in total. The van der Waals surface area contributed by atoms with Crippen LogP contribution in [0.1, 0.15) is 25.0 Å². The summed E-state index contributed by atoms with van der Waals surface area (Å²) in [6.07, 6.45) is 0. The van der Waals surface area contributed by atoms with E-state index in [9.17, 15) is 14.7 Å². The smallest absolute Gasteiger partial charge is 0.318 e. The van der Waals surface area contributed by atoms with Gasteiger partial charge in [0.2, 0.25) is 11.2 Å². The third kappa shape index (κ3) is 6.26. The molecule has 0 aliphatic rings. The second-order valence-corrected chi connectivity index (χ2v) is 10.6. The molecule has 0 unspecified atom stereocenters. The number of benzene rings is 4. The zero-order valence-electron chi connectivity index (χ0n) is 23.1. The van der Waals surface area contributed by atoms with E-state index in [0.29, 0.717) is 11.3 Å². The summed E-state index contributed by atoms with van der Waals surface area (Å²) in [6, 6.07) is 28.4. The number of ether oxygens (including phenoxy) is 3. The lowest BCUT2D eigenvalue weighted by molar-refractivity contribution is -0.142. The van der Waals surface area contributed by atoms with Crippen LogP contribution in [0.2, 0.25) is 0 Å². The van der Waals surface area contributed by atoms with Crippen LogP contribution in [0.25, 0.3) is 22.3 Å². The second kappa shape index (κ2) is 12.4. The van der Waals surface area contributed by atoms with Gasteiger partial charge in [0.15, 0.2) is 17.3 Å². The monoisotopic (exact) mass is 584 g/mol. The van der Waals surface area contributed by atoms with Gasteiger partial charge in [-0.1, -0.05) is 66.7 Å². The first kappa shape index (κ1) is 28.8. The fourth-order valence-electron chi connectivity index (χ4n) is 4.13. The van der Waals surface area contributed by atoms with Crippen molar-refractivity contribution in [3.05, 3.63) is 118 Å².